The van der Waals surface area contributed by atoms with E-state index in [0.29, 0.717) is 5.92 Å². The quantitative estimate of drug-likeness (QED) is 0.792. The topological polar surface area (TPSA) is 52.0 Å². The fourth-order valence-corrected chi connectivity index (χ4v) is 4.50. The van der Waals surface area contributed by atoms with Crippen LogP contribution >= 0.6 is 0 Å². The Morgan fingerprint density at radius 1 is 0.765 bits per heavy atom. The van der Waals surface area contributed by atoms with Crippen LogP contribution in [0, 0.1) is 5.92 Å². The maximum Gasteiger partial charge on any atom is 0.0200 e. The molecule has 2 fully saturated rings. The largest absolute Gasteiger partial charge is 0.325 e. The van der Waals surface area contributed by atoms with Crippen molar-refractivity contribution in [1.82, 2.24) is 0 Å². The van der Waals surface area contributed by atoms with Crippen molar-refractivity contribution < 1.29 is 0 Å². The maximum atomic E-state index is 6.75. The molecule has 0 atom stereocenters. The summed E-state index contributed by atoms with van der Waals surface area (Å²) in [6.07, 6.45) is 13.9. The van der Waals surface area contributed by atoms with Gasteiger partial charge in [-0.05, 0) is 38.0 Å². The molecule has 0 radical (unpaired) electrons. The van der Waals surface area contributed by atoms with Crippen molar-refractivity contribution in [3.8, 4) is 0 Å². The molecule has 0 aliphatic heterocycles. The van der Waals surface area contributed by atoms with Crippen LogP contribution in [0.5, 0.6) is 0 Å². The van der Waals surface area contributed by atoms with E-state index in [4.69, 9.17) is 11.5 Å². The average molecular weight is 238 g/mol. The van der Waals surface area contributed by atoms with E-state index in [1.54, 1.807) is 0 Å². The standard InChI is InChI=1S/C15H30N2/c1-2-13(14(16)9-5-3-6-10-14)15(17)11-7-4-8-12-15/h13H,2-12,16-17H2,1H3. The first kappa shape index (κ1) is 13.4. The zero-order valence-corrected chi connectivity index (χ0v) is 11.5. The van der Waals surface area contributed by atoms with Crippen LogP contribution in [-0.4, -0.2) is 11.1 Å². The monoisotopic (exact) mass is 238 g/mol. The van der Waals surface area contributed by atoms with E-state index < -0.39 is 0 Å². The third-order valence-electron chi connectivity index (χ3n) is 5.37. The van der Waals surface area contributed by atoms with Gasteiger partial charge in [0.1, 0.15) is 0 Å². The van der Waals surface area contributed by atoms with E-state index in [1.165, 1.54) is 64.2 Å². The molecule has 100 valence electrons. The Morgan fingerprint density at radius 2 is 1.12 bits per heavy atom. The van der Waals surface area contributed by atoms with Gasteiger partial charge in [-0.1, -0.05) is 45.4 Å². The Kier molecular flexibility index (Phi) is 4.14. The molecule has 0 aromatic carbocycles. The number of rotatable bonds is 3. The average Bonchev–Trinajstić information content (AvgIpc) is 2.31. The van der Waals surface area contributed by atoms with E-state index in [9.17, 15) is 0 Å². The highest BCUT2D eigenvalue weighted by Gasteiger charge is 2.46. The van der Waals surface area contributed by atoms with Crippen LogP contribution in [-0.2, 0) is 0 Å². The summed E-state index contributed by atoms with van der Waals surface area (Å²) in [5.41, 5.74) is 13.6. The normalized spacial score (nSPS) is 28.2. The second-order valence-corrected chi connectivity index (χ2v) is 6.55. The van der Waals surface area contributed by atoms with Crippen molar-refractivity contribution in [2.24, 2.45) is 17.4 Å². The van der Waals surface area contributed by atoms with E-state index >= 15 is 0 Å². The van der Waals surface area contributed by atoms with Crippen LogP contribution < -0.4 is 11.5 Å². The summed E-state index contributed by atoms with van der Waals surface area (Å²) in [6.45, 7) is 2.29. The fourth-order valence-electron chi connectivity index (χ4n) is 4.50. The van der Waals surface area contributed by atoms with Gasteiger partial charge in [0.05, 0.1) is 0 Å². The molecular formula is C15H30N2. The summed E-state index contributed by atoms with van der Waals surface area (Å²) in [5.74, 6) is 0.538. The molecule has 0 heterocycles. The Morgan fingerprint density at radius 3 is 1.41 bits per heavy atom. The fraction of sp³-hybridized carbons (Fsp3) is 1.00. The van der Waals surface area contributed by atoms with E-state index in [-0.39, 0.29) is 11.1 Å². The molecule has 2 rings (SSSR count). The summed E-state index contributed by atoms with van der Waals surface area (Å²) in [4.78, 5) is 0. The molecule has 0 amide bonds. The Labute approximate surface area is 107 Å². The minimum absolute atomic E-state index is 0.0408. The molecule has 0 bridgehead atoms. The highest BCUT2D eigenvalue weighted by Crippen LogP contribution is 2.44. The lowest BCUT2D eigenvalue weighted by Crippen LogP contribution is -2.62. The first-order valence-electron chi connectivity index (χ1n) is 7.68. The van der Waals surface area contributed by atoms with Gasteiger partial charge in [-0.3, -0.25) is 0 Å². The van der Waals surface area contributed by atoms with Crippen molar-refractivity contribution in [2.45, 2.75) is 88.6 Å². The molecule has 0 aromatic rings. The smallest absolute Gasteiger partial charge is 0.0200 e. The predicted octanol–water partition coefficient (Wildman–Crippen LogP) is 3.34. The molecule has 4 N–H and O–H groups in total. The van der Waals surface area contributed by atoms with Crippen LogP contribution in [0.2, 0.25) is 0 Å². The number of nitrogens with two attached hydrogens (primary N) is 2. The summed E-state index contributed by atoms with van der Waals surface area (Å²) in [5, 5.41) is 0. The first-order chi connectivity index (χ1) is 8.11. The number of hydrogen-bond donors (Lipinski definition) is 2. The molecule has 2 aliphatic carbocycles. The zero-order valence-electron chi connectivity index (χ0n) is 11.5. The molecule has 17 heavy (non-hydrogen) atoms. The Balaban J connectivity index is 2.13. The van der Waals surface area contributed by atoms with Gasteiger partial charge in [0.25, 0.3) is 0 Å². The summed E-state index contributed by atoms with van der Waals surface area (Å²) in [7, 11) is 0. The molecular weight excluding hydrogens is 208 g/mol. The molecule has 0 unspecified atom stereocenters. The van der Waals surface area contributed by atoms with Gasteiger partial charge >= 0.3 is 0 Å². The minimum atomic E-state index is 0.0408. The zero-order chi connectivity index (χ0) is 12.4. The van der Waals surface area contributed by atoms with E-state index in [1.807, 2.05) is 0 Å². The van der Waals surface area contributed by atoms with Crippen molar-refractivity contribution >= 4 is 0 Å². The molecule has 0 aromatic heterocycles. The van der Waals surface area contributed by atoms with Crippen molar-refractivity contribution in [1.29, 1.82) is 0 Å². The molecule has 2 nitrogen and oxygen atoms in total. The van der Waals surface area contributed by atoms with Gasteiger partial charge in [0, 0.05) is 11.1 Å². The third kappa shape index (κ3) is 2.68. The second-order valence-electron chi connectivity index (χ2n) is 6.55. The first-order valence-corrected chi connectivity index (χ1v) is 7.68. The molecule has 2 saturated carbocycles. The number of hydrogen-bond acceptors (Lipinski definition) is 2. The predicted molar refractivity (Wildman–Crippen MR) is 73.8 cm³/mol. The SMILES string of the molecule is CCC(C1(N)CCCCC1)C1(N)CCCCC1. The van der Waals surface area contributed by atoms with Crippen LogP contribution in [0.3, 0.4) is 0 Å². The van der Waals surface area contributed by atoms with E-state index in [2.05, 4.69) is 6.92 Å². The Bertz CT molecular complexity index is 213. The van der Waals surface area contributed by atoms with Crippen molar-refractivity contribution in [2.75, 3.05) is 0 Å². The lowest BCUT2D eigenvalue weighted by molar-refractivity contribution is 0.0823. The lowest BCUT2D eigenvalue weighted by Gasteiger charge is -2.50. The molecule has 2 heteroatoms. The van der Waals surface area contributed by atoms with Gasteiger partial charge < -0.3 is 11.5 Å². The van der Waals surface area contributed by atoms with Crippen LogP contribution in [0.15, 0.2) is 0 Å². The van der Waals surface area contributed by atoms with Crippen LogP contribution in [0.25, 0.3) is 0 Å². The van der Waals surface area contributed by atoms with E-state index in [0.717, 1.165) is 6.42 Å². The van der Waals surface area contributed by atoms with Gasteiger partial charge in [-0.25, -0.2) is 0 Å². The second kappa shape index (κ2) is 5.27. The van der Waals surface area contributed by atoms with Gasteiger partial charge in [-0.2, -0.15) is 0 Å². The van der Waals surface area contributed by atoms with Crippen molar-refractivity contribution in [3.63, 3.8) is 0 Å². The van der Waals surface area contributed by atoms with Crippen LogP contribution in [0.1, 0.15) is 77.6 Å². The maximum absolute atomic E-state index is 6.75. The van der Waals surface area contributed by atoms with Gasteiger partial charge in [-0.15, -0.1) is 0 Å². The highest BCUT2D eigenvalue weighted by atomic mass is 14.9. The molecule has 0 saturated heterocycles. The lowest BCUT2D eigenvalue weighted by atomic mass is 9.61. The minimum Gasteiger partial charge on any atom is -0.325 e. The van der Waals surface area contributed by atoms with Crippen LogP contribution in [0.4, 0.5) is 0 Å². The Hall–Kier alpha value is -0.0800. The van der Waals surface area contributed by atoms with Crippen molar-refractivity contribution in [3.05, 3.63) is 0 Å². The van der Waals surface area contributed by atoms with Gasteiger partial charge in [0.15, 0.2) is 0 Å². The molecule has 2 aliphatic rings. The molecule has 0 spiro atoms. The summed E-state index contributed by atoms with van der Waals surface area (Å²) >= 11 is 0. The third-order valence-corrected chi connectivity index (χ3v) is 5.37. The van der Waals surface area contributed by atoms with Gasteiger partial charge in [0.2, 0.25) is 0 Å². The highest BCUT2D eigenvalue weighted by molar-refractivity contribution is 5.05. The summed E-state index contributed by atoms with van der Waals surface area (Å²) < 4.78 is 0. The summed E-state index contributed by atoms with van der Waals surface area (Å²) in [6, 6.07) is 0.